The van der Waals surface area contributed by atoms with E-state index in [0.717, 1.165) is 16.8 Å². The van der Waals surface area contributed by atoms with Gasteiger partial charge in [0.05, 0.1) is 5.69 Å². The van der Waals surface area contributed by atoms with E-state index in [0.29, 0.717) is 20.3 Å². The summed E-state index contributed by atoms with van der Waals surface area (Å²) < 4.78 is 1.52. The number of amides is 1. The molecule has 0 saturated carbocycles. The zero-order valence-electron chi connectivity index (χ0n) is 17.7. The van der Waals surface area contributed by atoms with E-state index in [4.69, 9.17) is 11.6 Å². The molecule has 1 amide bonds. The Morgan fingerprint density at radius 1 is 0.938 bits per heavy atom. The van der Waals surface area contributed by atoms with Crippen LogP contribution < -0.4 is 10.4 Å². The number of aromatic nitrogens is 1. The minimum atomic E-state index is -0.403. The molecule has 0 fully saturated rings. The summed E-state index contributed by atoms with van der Waals surface area (Å²) >= 11 is 7.45. The molecule has 32 heavy (non-hydrogen) atoms. The number of benzene rings is 3. The Labute approximate surface area is 195 Å². The smallest absolute Gasteiger partial charge is 0.269 e. The maximum Gasteiger partial charge on any atom is 0.279 e. The van der Waals surface area contributed by atoms with Gasteiger partial charge in [-0.3, -0.25) is 14.2 Å². The molecule has 0 atom stereocenters. The summed E-state index contributed by atoms with van der Waals surface area (Å²) in [6.07, 6.45) is 0. The van der Waals surface area contributed by atoms with Crippen molar-refractivity contribution in [3.05, 3.63) is 116 Å². The molecule has 1 heterocycles. The van der Waals surface area contributed by atoms with Gasteiger partial charge in [0.25, 0.3) is 11.5 Å². The quantitative estimate of drug-likeness (QED) is 0.370. The number of halogens is 1. The van der Waals surface area contributed by atoms with Gasteiger partial charge >= 0.3 is 0 Å². The topological polar surface area (TPSA) is 51.4 Å². The molecule has 4 nitrogen and oxygen atoms in total. The number of carbonyl (C=O) groups excluding carboxylic acids is 1. The predicted molar refractivity (Wildman–Crippen MR) is 131 cm³/mol. The second-order valence-electron chi connectivity index (χ2n) is 7.57. The molecule has 6 heteroatoms. The Morgan fingerprint density at radius 2 is 1.66 bits per heavy atom. The van der Waals surface area contributed by atoms with Crippen LogP contribution in [0.5, 0.6) is 0 Å². The number of nitrogens with zero attached hydrogens (tertiary/aromatic N) is 2. The van der Waals surface area contributed by atoms with Crippen molar-refractivity contribution in [1.29, 1.82) is 0 Å². The van der Waals surface area contributed by atoms with Gasteiger partial charge in [0.15, 0.2) is 0 Å². The molecule has 4 rings (SSSR count). The van der Waals surface area contributed by atoms with Gasteiger partial charge in [0, 0.05) is 21.5 Å². The molecule has 0 unspecified atom stereocenters. The van der Waals surface area contributed by atoms with E-state index in [1.807, 2.05) is 42.5 Å². The first-order chi connectivity index (χ1) is 15.4. The van der Waals surface area contributed by atoms with E-state index in [2.05, 4.69) is 18.8 Å². The zero-order valence-corrected chi connectivity index (χ0v) is 19.2. The van der Waals surface area contributed by atoms with E-state index in [-0.39, 0.29) is 11.5 Å². The van der Waals surface area contributed by atoms with Crippen LogP contribution in [-0.2, 0) is 0 Å². The van der Waals surface area contributed by atoms with Crippen LogP contribution in [0.4, 0.5) is 0 Å². The molecule has 0 aliphatic rings. The third kappa shape index (κ3) is 4.64. The fourth-order valence-electron chi connectivity index (χ4n) is 3.43. The highest BCUT2D eigenvalue weighted by atomic mass is 35.5. The average Bonchev–Trinajstić information content (AvgIpc) is 2.79. The molecule has 0 spiro atoms. The minimum absolute atomic E-state index is 0.188. The normalized spacial score (nSPS) is 11.7. The molecule has 0 aliphatic carbocycles. The highest BCUT2D eigenvalue weighted by Crippen LogP contribution is 2.25. The molecule has 1 aromatic heterocycles. The van der Waals surface area contributed by atoms with Crippen molar-refractivity contribution in [3.63, 3.8) is 0 Å². The van der Waals surface area contributed by atoms with Crippen LogP contribution >= 0.6 is 22.9 Å². The number of rotatable bonds is 4. The van der Waals surface area contributed by atoms with E-state index < -0.39 is 5.91 Å². The molecule has 0 N–H and O–H groups in total. The number of carbonyl (C=O) groups is 1. The summed E-state index contributed by atoms with van der Waals surface area (Å²) in [6.45, 7) is 4.14. The monoisotopic (exact) mass is 460 g/mol. The number of para-hydroxylation sites is 1. The first-order valence-electron chi connectivity index (χ1n) is 10.2. The Bertz CT molecular complexity index is 1410. The van der Waals surface area contributed by atoms with Crippen LogP contribution in [-0.4, -0.2) is 10.5 Å². The van der Waals surface area contributed by atoms with Gasteiger partial charge in [-0.2, -0.15) is 4.99 Å². The largest absolute Gasteiger partial charge is 0.279 e. The van der Waals surface area contributed by atoms with Crippen LogP contribution in [0.3, 0.4) is 0 Å². The van der Waals surface area contributed by atoms with Gasteiger partial charge in [0.2, 0.25) is 4.80 Å². The van der Waals surface area contributed by atoms with Gasteiger partial charge in [0.1, 0.15) is 0 Å². The summed E-state index contributed by atoms with van der Waals surface area (Å²) in [5.74, 6) is -0.214. The van der Waals surface area contributed by atoms with Crippen LogP contribution in [0.25, 0.3) is 16.1 Å². The zero-order chi connectivity index (χ0) is 22.7. The average molecular weight is 461 g/mol. The van der Waals surface area contributed by atoms with Crippen LogP contribution in [0.15, 0.2) is 94.7 Å². The van der Waals surface area contributed by atoms with Crippen molar-refractivity contribution >= 4 is 28.8 Å². The third-order valence-electron chi connectivity index (χ3n) is 4.99. The standard InChI is InChI=1S/C26H21ClN2O2S/c1-17(2)21-13-6-7-14-22(21)29-24(30)16-23(19-11-8-12-20(27)15-19)32-26(29)28-25(31)18-9-4-3-5-10-18/h3-17H,1-2H3. The number of hydrogen-bond donors (Lipinski definition) is 0. The lowest BCUT2D eigenvalue weighted by Gasteiger charge is -2.15. The lowest BCUT2D eigenvalue weighted by Crippen LogP contribution is -2.31. The van der Waals surface area contributed by atoms with E-state index in [1.165, 1.54) is 15.9 Å². The van der Waals surface area contributed by atoms with Gasteiger partial charge in [-0.05, 0) is 47.4 Å². The molecular weight excluding hydrogens is 440 g/mol. The van der Waals surface area contributed by atoms with Crippen molar-refractivity contribution in [1.82, 2.24) is 4.57 Å². The summed E-state index contributed by atoms with van der Waals surface area (Å²) in [4.78, 5) is 31.7. The van der Waals surface area contributed by atoms with Gasteiger partial charge < -0.3 is 0 Å². The first kappa shape index (κ1) is 21.9. The van der Waals surface area contributed by atoms with Gasteiger partial charge in [-0.25, -0.2) is 0 Å². The molecular formula is C26H21ClN2O2S. The Morgan fingerprint density at radius 3 is 2.38 bits per heavy atom. The van der Waals surface area contributed by atoms with Crippen LogP contribution in [0.2, 0.25) is 5.02 Å². The van der Waals surface area contributed by atoms with Crippen molar-refractivity contribution in [2.45, 2.75) is 19.8 Å². The fourth-order valence-corrected chi connectivity index (χ4v) is 4.63. The Balaban J connectivity index is 2.01. The van der Waals surface area contributed by atoms with Gasteiger partial charge in [-0.15, -0.1) is 0 Å². The van der Waals surface area contributed by atoms with E-state index in [1.54, 1.807) is 42.5 Å². The highest BCUT2D eigenvalue weighted by Gasteiger charge is 2.14. The second-order valence-corrected chi connectivity index (χ2v) is 9.02. The maximum atomic E-state index is 13.4. The Kier molecular flexibility index (Phi) is 6.49. The Hall–Kier alpha value is -3.28. The molecule has 3 aromatic carbocycles. The molecule has 160 valence electrons. The van der Waals surface area contributed by atoms with E-state index in [9.17, 15) is 9.59 Å². The van der Waals surface area contributed by atoms with Crippen LogP contribution in [0, 0.1) is 0 Å². The summed E-state index contributed by atoms with van der Waals surface area (Å²) in [5.41, 5.74) is 2.73. The first-order valence-corrected chi connectivity index (χ1v) is 11.4. The minimum Gasteiger partial charge on any atom is -0.269 e. The summed E-state index contributed by atoms with van der Waals surface area (Å²) in [5, 5.41) is 0.572. The second kappa shape index (κ2) is 9.47. The molecule has 0 saturated heterocycles. The molecule has 0 radical (unpaired) electrons. The lowest BCUT2D eigenvalue weighted by atomic mass is 10.0. The maximum absolute atomic E-state index is 13.4. The predicted octanol–water partition coefficient (Wildman–Crippen LogP) is 6.08. The molecule has 0 aliphatic heterocycles. The fraction of sp³-hybridized carbons (Fsp3) is 0.115. The summed E-state index contributed by atoms with van der Waals surface area (Å²) in [7, 11) is 0. The van der Waals surface area contributed by atoms with Crippen LogP contribution in [0.1, 0.15) is 35.7 Å². The van der Waals surface area contributed by atoms with Crippen molar-refractivity contribution in [3.8, 4) is 16.1 Å². The SMILES string of the molecule is CC(C)c1ccccc1-n1c(=O)cc(-c2cccc(Cl)c2)sc1=NC(=O)c1ccccc1. The van der Waals surface area contributed by atoms with Crippen molar-refractivity contribution in [2.24, 2.45) is 4.99 Å². The number of hydrogen-bond acceptors (Lipinski definition) is 3. The molecule has 0 bridgehead atoms. The highest BCUT2D eigenvalue weighted by molar-refractivity contribution is 7.12. The summed E-state index contributed by atoms with van der Waals surface area (Å²) in [6, 6.07) is 25.4. The van der Waals surface area contributed by atoms with Crippen molar-refractivity contribution in [2.75, 3.05) is 0 Å². The third-order valence-corrected chi connectivity index (χ3v) is 6.26. The lowest BCUT2D eigenvalue weighted by molar-refractivity contribution is 0.0998. The van der Waals surface area contributed by atoms with Crippen molar-refractivity contribution < 1.29 is 4.79 Å². The van der Waals surface area contributed by atoms with Gasteiger partial charge in [-0.1, -0.05) is 85.3 Å². The molecule has 4 aromatic rings. The van der Waals surface area contributed by atoms with E-state index >= 15 is 0 Å².